The van der Waals surface area contributed by atoms with Crippen LogP contribution in [0.3, 0.4) is 0 Å². The van der Waals surface area contributed by atoms with Gasteiger partial charge in [-0.25, -0.2) is 0 Å². The highest BCUT2D eigenvalue weighted by Crippen LogP contribution is 2.48. The number of benzene rings is 4. The summed E-state index contributed by atoms with van der Waals surface area (Å²) in [6.45, 7) is 2.26. The van der Waals surface area contributed by atoms with Gasteiger partial charge in [0.05, 0.1) is 0 Å². The Bertz CT molecular complexity index is 1270. The Morgan fingerprint density at radius 3 is 1.44 bits per heavy atom. The van der Waals surface area contributed by atoms with Gasteiger partial charge in [-0.1, -0.05) is 105 Å². The molecule has 0 atom stereocenters. The van der Waals surface area contributed by atoms with Gasteiger partial charge in [-0.05, 0) is 90.5 Å². The van der Waals surface area contributed by atoms with E-state index in [1.54, 1.807) is 0 Å². The molecule has 0 aromatic heterocycles. The first-order chi connectivity index (χ1) is 18.9. The Kier molecular flexibility index (Phi) is 8.09. The SMILES string of the molecule is CCCCC1(N)CCC(c2ccc(Cc3ccccc3N)cc2)(c2ccc(Cc3ccccc3N)cc2)CC1. The van der Waals surface area contributed by atoms with Crippen molar-refractivity contribution in [1.82, 2.24) is 0 Å². The third kappa shape index (κ3) is 6.04. The molecule has 4 aromatic rings. The van der Waals surface area contributed by atoms with E-state index in [1.807, 2.05) is 24.3 Å². The summed E-state index contributed by atoms with van der Waals surface area (Å²) in [5, 5.41) is 0. The van der Waals surface area contributed by atoms with E-state index < -0.39 is 0 Å². The van der Waals surface area contributed by atoms with Crippen molar-refractivity contribution < 1.29 is 0 Å². The van der Waals surface area contributed by atoms with Gasteiger partial charge in [0.2, 0.25) is 0 Å². The number of nitrogen functional groups attached to an aromatic ring is 2. The van der Waals surface area contributed by atoms with Crippen LogP contribution in [0.2, 0.25) is 0 Å². The molecule has 0 bridgehead atoms. The van der Waals surface area contributed by atoms with Crippen LogP contribution >= 0.6 is 0 Å². The second-order valence-corrected chi connectivity index (χ2v) is 11.7. The number of nitrogens with two attached hydrogens (primary N) is 3. The lowest BCUT2D eigenvalue weighted by molar-refractivity contribution is 0.211. The normalized spacial score (nSPS) is 16.2. The lowest BCUT2D eigenvalue weighted by atomic mass is 9.60. The summed E-state index contributed by atoms with van der Waals surface area (Å²) in [5.41, 5.74) is 28.7. The van der Waals surface area contributed by atoms with Crippen molar-refractivity contribution in [2.75, 3.05) is 11.5 Å². The van der Waals surface area contributed by atoms with Crippen LogP contribution in [0.15, 0.2) is 97.1 Å². The zero-order valence-electron chi connectivity index (χ0n) is 23.3. The van der Waals surface area contributed by atoms with Crippen LogP contribution in [-0.4, -0.2) is 5.54 Å². The maximum Gasteiger partial charge on any atom is 0.0349 e. The molecule has 0 amide bonds. The van der Waals surface area contributed by atoms with E-state index in [-0.39, 0.29) is 11.0 Å². The summed E-state index contributed by atoms with van der Waals surface area (Å²) in [6.07, 6.45) is 9.47. The predicted molar refractivity (Wildman–Crippen MR) is 166 cm³/mol. The van der Waals surface area contributed by atoms with Crippen LogP contribution in [0.25, 0.3) is 0 Å². The maximum atomic E-state index is 6.95. The summed E-state index contributed by atoms with van der Waals surface area (Å²) in [4.78, 5) is 0. The Labute approximate surface area is 234 Å². The van der Waals surface area contributed by atoms with Crippen molar-refractivity contribution in [1.29, 1.82) is 0 Å². The average molecular weight is 518 g/mol. The number of hydrogen-bond acceptors (Lipinski definition) is 3. The molecule has 5 rings (SSSR count). The van der Waals surface area contributed by atoms with Crippen LogP contribution in [-0.2, 0) is 18.3 Å². The lowest BCUT2D eigenvalue weighted by Crippen LogP contribution is -2.48. The van der Waals surface area contributed by atoms with E-state index in [1.165, 1.54) is 46.2 Å². The molecule has 1 aliphatic carbocycles. The van der Waals surface area contributed by atoms with Gasteiger partial charge in [0.25, 0.3) is 0 Å². The van der Waals surface area contributed by atoms with E-state index in [0.717, 1.165) is 56.3 Å². The topological polar surface area (TPSA) is 78.1 Å². The molecule has 3 nitrogen and oxygen atoms in total. The Morgan fingerprint density at radius 1 is 0.590 bits per heavy atom. The molecule has 202 valence electrons. The van der Waals surface area contributed by atoms with Crippen LogP contribution in [0.1, 0.15) is 85.3 Å². The Morgan fingerprint density at radius 2 is 1.03 bits per heavy atom. The highest BCUT2D eigenvalue weighted by atomic mass is 14.8. The third-order valence-electron chi connectivity index (χ3n) is 9.04. The number of unbranched alkanes of at least 4 members (excludes halogenated alkanes) is 1. The molecule has 3 heteroatoms. The van der Waals surface area contributed by atoms with Gasteiger partial charge in [-0.3, -0.25) is 0 Å². The van der Waals surface area contributed by atoms with Crippen LogP contribution in [0.4, 0.5) is 11.4 Å². The van der Waals surface area contributed by atoms with Crippen LogP contribution in [0, 0.1) is 0 Å². The minimum atomic E-state index is -0.0466. The van der Waals surface area contributed by atoms with Gasteiger partial charge in [0.1, 0.15) is 0 Å². The van der Waals surface area contributed by atoms with Gasteiger partial charge in [0.15, 0.2) is 0 Å². The molecule has 0 saturated heterocycles. The highest BCUT2D eigenvalue weighted by molar-refractivity contribution is 5.51. The number of anilines is 2. The smallest absolute Gasteiger partial charge is 0.0349 e. The average Bonchev–Trinajstić information content (AvgIpc) is 2.96. The van der Waals surface area contributed by atoms with Crippen molar-refractivity contribution in [3.05, 3.63) is 130 Å². The Hall–Kier alpha value is -3.56. The summed E-state index contributed by atoms with van der Waals surface area (Å²) in [5.74, 6) is 0. The molecule has 0 unspecified atom stereocenters. The molecular formula is C36H43N3. The highest BCUT2D eigenvalue weighted by Gasteiger charge is 2.42. The van der Waals surface area contributed by atoms with Crippen molar-refractivity contribution >= 4 is 11.4 Å². The largest absolute Gasteiger partial charge is 0.398 e. The molecule has 1 fully saturated rings. The number of para-hydroxylation sites is 2. The quantitative estimate of drug-likeness (QED) is 0.198. The minimum Gasteiger partial charge on any atom is -0.398 e. The molecule has 4 aromatic carbocycles. The number of hydrogen-bond donors (Lipinski definition) is 3. The van der Waals surface area contributed by atoms with E-state index in [4.69, 9.17) is 17.2 Å². The molecular weight excluding hydrogens is 474 g/mol. The van der Waals surface area contributed by atoms with Crippen molar-refractivity contribution in [2.45, 2.75) is 75.7 Å². The van der Waals surface area contributed by atoms with Crippen molar-refractivity contribution in [3.8, 4) is 0 Å². The fourth-order valence-corrected chi connectivity index (χ4v) is 6.41. The zero-order valence-corrected chi connectivity index (χ0v) is 23.3. The lowest BCUT2D eigenvalue weighted by Gasteiger charge is -2.46. The van der Waals surface area contributed by atoms with E-state index in [0.29, 0.717) is 0 Å². The molecule has 0 radical (unpaired) electrons. The summed E-state index contributed by atoms with van der Waals surface area (Å²) in [6, 6.07) is 34.9. The van der Waals surface area contributed by atoms with Gasteiger partial charge in [-0.15, -0.1) is 0 Å². The fourth-order valence-electron chi connectivity index (χ4n) is 6.41. The molecule has 6 N–H and O–H groups in total. The van der Waals surface area contributed by atoms with E-state index in [9.17, 15) is 0 Å². The Balaban J connectivity index is 1.43. The first-order valence-corrected chi connectivity index (χ1v) is 14.6. The molecule has 0 spiro atoms. The predicted octanol–water partition coefficient (Wildman–Crippen LogP) is 7.78. The first-order valence-electron chi connectivity index (χ1n) is 14.6. The molecule has 0 heterocycles. The van der Waals surface area contributed by atoms with Crippen LogP contribution in [0.5, 0.6) is 0 Å². The van der Waals surface area contributed by atoms with E-state index in [2.05, 4.69) is 79.7 Å². The monoisotopic (exact) mass is 517 g/mol. The van der Waals surface area contributed by atoms with Crippen LogP contribution < -0.4 is 17.2 Å². The van der Waals surface area contributed by atoms with Crippen molar-refractivity contribution in [3.63, 3.8) is 0 Å². The van der Waals surface area contributed by atoms with Gasteiger partial charge in [0, 0.05) is 22.3 Å². The van der Waals surface area contributed by atoms with Gasteiger partial charge < -0.3 is 17.2 Å². The van der Waals surface area contributed by atoms with E-state index >= 15 is 0 Å². The maximum absolute atomic E-state index is 6.95. The first kappa shape index (κ1) is 27.0. The second-order valence-electron chi connectivity index (χ2n) is 11.7. The molecule has 1 saturated carbocycles. The molecule has 0 aliphatic heterocycles. The minimum absolute atomic E-state index is 0.0241. The molecule has 1 aliphatic rings. The molecule has 39 heavy (non-hydrogen) atoms. The second kappa shape index (κ2) is 11.7. The standard InChI is InChI=1S/C36H43N3/c1-2-3-20-35(39)21-23-36(24-22-35,31-16-12-27(13-17-31)25-29-8-4-6-10-33(29)37)32-18-14-28(15-19-32)26-30-9-5-7-11-34(30)38/h4-19H,2-3,20-26,37-39H2,1H3. The van der Waals surface area contributed by atoms with Gasteiger partial charge >= 0.3 is 0 Å². The zero-order chi connectivity index (χ0) is 27.3. The van der Waals surface area contributed by atoms with Gasteiger partial charge in [-0.2, -0.15) is 0 Å². The van der Waals surface area contributed by atoms with Crippen molar-refractivity contribution in [2.24, 2.45) is 5.73 Å². The summed E-state index contributed by atoms with van der Waals surface area (Å²) >= 11 is 0. The third-order valence-corrected chi connectivity index (χ3v) is 9.04. The summed E-state index contributed by atoms with van der Waals surface area (Å²) < 4.78 is 0. The fraction of sp³-hybridized carbons (Fsp3) is 0.333. The number of rotatable bonds is 9. The summed E-state index contributed by atoms with van der Waals surface area (Å²) in [7, 11) is 0.